The van der Waals surface area contributed by atoms with Crippen LogP contribution in [-0.2, 0) is 0 Å². The van der Waals surface area contributed by atoms with E-state index in [9.17, 15) is 4.79 Å². The van der Waals surface area contributed by atoms with Crippen LogP contribution < -0.4 is 0 Å². The third-order valence-electron chi connectivity index (χ3n) is 2.99. The predicted molar refractivity (Wildman–Crippen MR) is 67.8 cm³/mol. The molecule has 0 aliphatic rings. The van der Waals surface area contributed by atoms with Gasteiger partial charge in [0.2, 0.25) is 0 Å². The second-order valence-corrected chi connectivity index (χ2v) is 4.54. The minimum absolute atomic E-state index is 0.0254. The number of aromatic carboxylic acids is 1. The van der Waals surface area contributed by atoms with E-state index in [1.54, 1.807) is 6.92 Å². The number of nitrogens with zero attached hydrogens (tertiary/aromatic N) is 1. The monoisotopic (exact) mass is 245 g/mol. The number of carboxylic acid groups (broad SMARTS) is 1. The van der Waals surface area contributed by atoms with Crippen LogP contribution in [0.2, 0.25) is 0 Å². The van der Waals surface area contributed by atoms with Crippen LogP contribution in [0.15, 0.2) is 16.7 Å². The highest BCUT2D eigenvalue weighted by atomic mass is 16.5. The fourth-order valence-corrected chi connectivity index (χ4v) is 2.39. The lowest BCUT2D eigenvalue weighted by Gasteiger charge is -2.10. The van der Waals surface area contributed by atoms with Crippen molar-refractivity contribution in [2.24, 2.45) is 0 Å². The molecule has 0 saturated carbocycles. The Kier molecular flexibility index (Phi) is 2.95. The quantitative estimate of drug-likeness (QED) is 0.881. The summed E-state index contributed by atoms with van der Waals surface area (Å²) in [6, 6.07) is 4.06. The van der Waals surface area contributed by atoms with Gasteiger partial charge in [0.1, 0.15) is 5.76 Å². The fourth-order valence-electron chi connectivity index (χ4n) is 2.39. The molecule has 1 N–H and O–H groups in total. The summed E-state index contributed by atoms with van der Waals surface area (Å²) >= 11 is 0. The van der Waals surface area contributed by atoms with E-state index in [1.165, 1.54) is 0 Å². The Bertz CT molecular complexity index is 603. The molecule has 4 heteroatoms. The molecule has 1 aromatic carbocycles. The summed E-state index contributed by atoms with van der Waals surface area (Å²) in [5, 5.41) is 12.8. The zero-order chi connectivity index (χ0) is 13.4. The summed E-state index contributed by atoms with van der Waals surface area (Å²) in [6.45, 7) is 7.68. The van der Waals surface area contributed by atoms with E-state index in [4.69, 9.17) is 9.63 Å². The number of hydrogen-bond donors (Lipinski definition) is 1. The van der Waals surface area contributed by atoms with Crippen LogP contribution in [0.1, 0.15) is 32.9 Å². The average molecular weight is 245 g/mol. The third-order valence-corrected chi connectivity index (χ3v) is 2.99. The molecule has 0 fully saturated rings. The van der Waals surface area contributed by atoms with Crippen LogP contribution >= 0.6 is 0 Å². The molecule has 0 atom stereocenters. The number of aromatic nitrogens is 1. The van der Waals surface area contributed by atoms with E-state index in [2.05, 4.69) is 5.16 Å². The van der Waals surface area contributed by atoms with Gasteiger partial charge in [0.05, 0.1) is 5.56 Å². The highest BCUT2D eigenvalue weighted by molar-refractivity contribution is 5.95. The first-order chi connectivity index (χ1) is 8.41. The molecule has 0 saturated heterocycles. The smallest absolute Gasteiger partial charge is 0.358 e. The number of rotatable bonds is 2. The molecule has 0 aliphatic heterocycles. The molecule has 1 aromatic heterocycles. The maximum Gasteiger partial charge on any atom is 0.358 e. The van der Waals surface area contributed by atoms with Crippen molar-refractivity contribution in [1.82, 2.24) is 5.16 Å². The summed E-state index contributed by atoms with van der Waals surface area (Å²) in [6.07, 6.45) is 0. The Morgan fingerprint density at radius 2 is 1.67 bits per heavy atom. The van der Waals surface area contributed by atoms with Crippen molar-refractivity contribution in [2.75, 3.05) is 0 Å². The molecule has 0 amide bonds. The van der Waals surface area contributed by atoms with Crippen LogP contribution in [0.3, 0.4) is 0 Å². The van der Waals surface area contributed by atoms with Gasteiger partial charge < -0.3 is 9.63 Å². The average Bonchev–Trinajstić information content (AvgIpc) is 2.59. The number of aryl methyl sites for hydroxylation is 4. The van der Waals surface area contributed by atoms with Gasteiger partial charge in [0.25, 0.3) is 0 Å². The lowest BCUT2D eigenvalue weighted by atomic mass is 9.92. The first-order valence-electron chi connectivity index (χ1n) is 5.69. The van der Waals surface area contributed by atoms with Gasteiger partial charge in [0, 0.05) is 0 Å². The van der Waals surface area contributed by atoms with E-state index >= 15 is 0 Å². The Hall–Kier alpha value is -2.10. The molecule has 0 aliphatic carbocycles. The summed E-state index contributed by atoms with van der Waals surface area (Å²) in [7, 11) is 0. The van der Waals surface area contributed by atoms with Gasteiger partial charge in [-0.15, -0.1) is 0 Å². The lowest BCUT2D eigenvalue weighted by molar-refractivity contribution is 0.0686. The van der Waals surface area contributed by atoms with Gasteiger partial charge in [-0.05, 0) is 44.4 Å². The minimum Gasteiger partial charge on any atom is -0.476 e. The third kappa shape index (κ3) is 1.90. The van der Waals surface area contributed by atoms with E-state index in [1.807, 2.05) is 32.9 Å². The van der Waals surface area contributed by atoms with Crippen molar-refractivity contribution in [2.45, 2.75) is 27.7 Å². The molecule has 0 spiro atoms. The zero-order valence-corrected chi connectivity index (χ0v) is 10.9. The van der Waals surface area contributed by atoms with Crippen LogP contribution in [0.4, 0.5) is 0 Å². The molecular weight excluding hydrogens is 230 g/mol. The number of carbonyl (C=O) groups is 1. The van der Waals surface area contributed by atoms with Crippen molar-refractivity contribution < 1.29 is 14.4 Å². The number of benzene rings is 1. The maximum atomic E-state index is 11.2. The van der Waals surface area contributed by atoms with Crippen molar-refractivity contribution >= 4 is 5.97 Å². The van der Waals surface area contributed by atoms with Crippen LogP contribution in [0.25, 0.3) is 11.1 Å². The highest BCUT2D eigenvalue weighted by Crippen LogP contribution is 2.33. The molecule has 1 heterocycles. The van der Waals surface area contributed by atoms with E-state index in [0.29, 0.717) is 11.3 Å². The SMILES string of the molecule is Cc1cc(C)c(-c2c(C(=O)O)noc2C)c(C)c1. The Labute approximate surface area is 105 Å². The second kappa shape index (κ2) is 4.29. The van der Waals surface area contributed by atoms with Crippen molar-refractivity contribution in [3.05, 3.63) is 40.3 Å². The topological polar surface area (TPSA) is 63.3 Å². The molecule has 0 radical (unpaired) electrons. The molecule has 4 nitrogen and oxygen atoms in total. The predicted octanol–water partition coefficient (Wildman–Crippen LogP) is 3.27. The van der Waals surface area contributed by atoms with Crippen LogP contribution in [0.5, 0.6) is 0 Å². The largest absolute Gasteiger partial charge is 0.476 e. The Balaban J connectivity index is 2.77. The summed E-state index contributed by atoms with van der Waals surface area (Å²) < 4.78 is 5.02. The minimum atomic E-state index is -1.07. The zero-order valence-electron chi connectivity index (χ0n) is 10.9. The highest BCUT2D eigenvalue weighted by Gasteiger charge is 2.23. The maximum absolute atomic E-state index is 11.2. The summed E-state index contributed by atoms with van der Waals surface area (Å²) in [4.78, 5) is 11.2. The number of hydrogen-bond acceptors (Lipinski definition) is 3. The van der Waals surface area contributed by atoms with Gasteiger partial charge in [0.15, 0.2) is 5.69 Å². The van der Waals surface area contributed by atoms with E-state index in [0.717, 1.165) is 22.3 Å². The standard InChI is InChI=1S/C14H15NO3/c1-7-5-8(2)11(9(3)6-7)12-10(4)18-15-13(12)14(16)17/h5-6H,1-4H3,(H,16,17). The van der Waals surface area contributed by atoms with Crippen LogP contribution in [0, 0.1) is 27.7 Å². The first-order valence-corrected chi connectivity index (χ1v) is 5.69. The first kappa shape index (κ1) is 12.4. The molecular formula is C14H15NO3. The van der Waals surface area contributed by atoms with Crippen LogP contribution in [-0.4, -0.2) is 16.2 Å². The summed E-state index contributed by atoms with van der Waals surface area (Å²) in [5.41, 5.74) is 4.67. The van der Waals surface area contributed by atoms with Gasteiger partial charge >= 0.3 is 5.97 Å². The Morgan fingerprint density at radius 3 is 2.17 bits per heavy atom. The van der Waals surface area contributed by atoms with Gasteiger partial charge in [-0.3, -0.25) is 0 Å². The fraction of sp³-hybridized carbons (Fsp3) is 0.286. The van der Waals surface area contributed by atoms with E-state index < -0.39 is 5.97 Å². The molecule has 18 heavy (non-hydrogen) atoms. The molecule has 0 bridgehead atoms. The van der Waals surface area contributed by atoms with Crippen molar-refractivity contribution in [3.63, 3.8) is 0 Å². The normalized spacial score (nSPS) is 10.7. The van der Waals surface area contributed by atoms with Gasteiger partial charge in [-0.1, -0.05) is 22.9 Å². The van der Waals surface area contributed by atoms with E-state index in [-0.39, 0.29) is 5.69 Å². The molecule has 2 rings (SSSR count). The second-order valence-electron chi connectivity index (χ2n) is 4.54. The molecule has 2 aromatic rings. The van der Waals surface area contributed by atoms with Gasteiger partial charge in [-0.2, -0.15) is 0 Å². The van der Waals surface area contributed by atoms with Crippen molar-refractivity contribution in [1.29, 1.82) is 0 Å². The molecule has 94 valence electrons. The lowest BCUT2D eigenvalue weighted by Crippen LogP contribution is -2.01. The summed E-state index contributed by atoms with van der Waals surface area (Å²) in [5.74, 6) is -0.538. The number of carboxylic acids is 1. The van der Waals surface area contributed by atoms with Gasteiger partial charge in [-0.25, -0.2) is 4.79 Å². The molecule has 0 unspecified atom stereocenters. The Morgan fingerprint density at radius 1 is 1.11 bits per heavy atom. The van der Waals surface area contributed by atoms with Crippen molar-refractivity contribution in [3.8, 4) is 11.1 Å².